The van der Waals surface area contributed by atoms with E-state index in [4.69, 9.17) is 22.1 Å². The zero-order chi connectivity index (χ0) is 19.2. The van der Waals surface area contributed by atoms with Crippen LogP contribution in [0.3, 0.4) is 0 Å². The van der Waals surface area contributed by atoms with E-state index in [1.165, 1.54) is 18.2 Å². The molecule has 1 atom stereocenters. The Morgan fingerprint density at radius 1 is 1.46 bits per heavy atom. The maximum Gasteiger partial charge on any atom is 0.273 e. The van der Waals surface area contributed by atoms with Gasteiger partial charge in [0.15, 0.2) is 0 Å². The van der Waals surface area contributed by atoms with E-state index in [1.54, 1.807) is 0 Å². The van der Waals surface area contributed by atoms with Crippen molar-refractivity contribution >= 4 is 17.3 Å². The molecular formula is C17H16ClN5O3. The number of allylic oxidation sites excluding steroid dienone is 1. The fourth-order valence-electron chi connectivity index (χ4n) is 3.05. The molecule has 3 N–H and O–H groups in total. The highest BCUT2D eigenvalue weighted by atomic mass is 35.5. The fraction of sp³-hybridized carbons (Fsp3) is 0.294. The summed E-state index contributed by atoms with van der Waals surface area (Å²) in [5.74, 6) is -0.743. The molecule has 0 aliphatic carbocycles. The van der Waals surface area contributed by atoms with E-state index < -0.39 is 10.8 Å². The van der Waals surface area contributed by atoms with Gasteiger partial charge in [-0.3, -0.25) is 15.2 Å². The number of benzene rings is 1. The number of nitro benzene ring substituents is 1. The summed E-state index contributed by atoms with van der Waals surface area (Å²) in [6.07, 6.45) is 0. The van der Waals surface area contributed by atoms with Gasteiger partial charge in [0.2, 0.25) is 11.8 Å². The van der Waals surface area contributed by atoms with Gasteiger partial charge in [-0.2, -0.15) is 5.26 Å². The van der Waals surface area contributed by atoms with Crippen molar-refractivity contribution in [3.63, 3.8) is 0 Å². The molecule has 0 fully saturated rings. The first-order valence-electron chi connectivity index (χ1n) is 7.75. The minimum absolute atomic E-state index is 0.0785. The summed E-state index contributed by atoms with van der Waals surface area (Å²) < 4.78 is 5.48. The van der Waals surface area contributed by atoms with Crippen molar-refractivity contribution in [1.29, 1.82) is 5.26 Å². The normalized spacial score (nSPS) is 16.7. The van der Waals surface area contributed by atoms with Crippen molar-refractivity contribution in [1.82, 2.24) is 10.2 Å². The molecule has 1 aromatic carbocycles. The Hall–Kier alpha value is -3.05. The van der Waals surface area contributed by atoms with Crippen LogP contribution >= 0.6 is 11.6 Å². The van der Waals surface area contributed by atoms with Gasteiger partial charge in [-0.1, -0.05) is 32.4 Å². The Labute approximate surface area is 154 Å². The number of aromatic nitrogens is 2. The number of nitrogens with two attached hydrogens (primary N) is 1. The summed E-state index contributed by atoms with van der Waals surface area (Å²) in [5.41, 5.74) is 6.95. The summed E-state index contributed by atoms with van der Waals surface area (Å²) in [6.45, 7) is 5.87. The van der Waals surface area contributed by atoms with Gasteiger partial charge in [0, 0.05) is 27.8 Å². The number of fused-ring (bicyclic) bond motifs is 1. The number of hydrogen-bond donors (Lipinski definition) is 2. The van der Waals surface area contributed by atoms with E-state index in [0.29, 0.717) is 16.3 Å². The number of H-pyrrole nitrogens is 1. The first-order valence-corrected chi connectivity index (χ1v) is 8.13. The third kappa shape index (κ3) is 2.76. The molecule has 0 saturated heterocycles. The van der Waals surface area contributed by atoms with Crippen LogP contribution in [0.4, 0.5) is 5.69 Å². The Balaban J connectivity index is 2.37. The predicted molar refractivity (Wildman–Crippen MR) is 94.7 cm³/mol. The lowest BCUT2D eigenvalue weighted by Gasteiger charge is -2.27. The Morgan fingerprint density at radius 3 is 2.73 bits per heavy atom. The summed E-state index contributed by atoms with van der Waals surface area (Å²) in [6, 6.07) is 6.24. The lowest BCUT2D eigenvalue weighted by atomic mass is 9.78. The van der Waals surface area contributed by atoms with Crippen molar-refractivity contribution in [3.8, 4) is 11.9 Å². The average Bonchev–Trinajstić information content (AvgIpc) is 2.96. The molecule has 1 aliphatic rings. The molecule has 8 nitrogen and oxygen atoms in total. The summed E-state index contributed by atoms with van der Waals surface area (Å²) in [7, 11) is 0. The van der Waals surface area contributed by atoms with Crippen LogP contribution in [0.2, 0.25) is 5.02 Å². The lowest BCUT2D eigenvalue weighted by molar-refractivity contribution is -0.385. The van der Waals surface area contributed by atoms with E-state index >= 15 is 0 Å². The van der Waals surface area contributed by atoms with Crippen molar-refractivity contribution in [2.24, 2.45) is 5.73 Å². The van der Waals surface area contributed by atoms with Gasteiger partial charge in [-0.25, -0.2) is 0 Å². The Bertz CT molecular complexity index is 981. The Kier molecular flexibility index (Phi) is 4.12. The molecule has 1 unspecified atom stereocenters. The molecule has 134 valence electrons. The molecule has 9 heteroatoms. The second-order valence-corrected chi connectivity index (χ2v) is 7.39. The third-order valence-corrected chi connectivity index (χ3v) is 4.42. The summed E-state index contributed by atoms with van der Waals surface area (Å²) in [5, 5.41) is 28.6. The number of nitrogens with zero attached hydrogens (tertiary/aromatic N) is 3. The topological polar surface area (TPSA) is 131 Å². The van der Waals surface area contributed by atoms with Gasteiger partial charge in [0.1, 0.15) is 11.6 Å². The summed E-state index contributed by atoms with van der Waals surface area (Å²) >= 11 is 6.09. The molecule has 0 spiro atoms. The van der Waals surface area contributed by atoms with Crippen LogP contribution in [-0.4, -0.2) is 15.1 Å². The zero-order valence-corrected chi connectivity index (χ0v) is 15.1. The monoisotopic (exact) mass is 373 g/mol. The van der Waals surface area contributed by atoms with E-state index in [-0.39, 0.29) is 34.0 Å². The third-order valence-electron chi connectivity index (χ3n) is 4.19. The molecule has 1 aliphatic heterocycles. The molecule has 1 aromatic heterocycles. The number of nitrogens with one attached hydrogen (secondary N) is 1. The van der Waals surface area contributed by atoms with Crippen LogP contribution in [-0.2, 0) is 5.41 Å². The summed E-state index contributed by atoms with van der Waals surface area (Å²) in [4.78, 5) is 11.1. The molecule has 3 rings (SSSR count). The number of rotatable bonds is 2. The van der Waals surface area contributed by atoms with Crippen molar-refractivity contribution < 1.29 is 9.66 Å². The van der Waals surface area contributed by atoms with E-state index in [0.717, 1.165) is 0 Å². The highest BCUT2D eigenvalue weighted by molar-refractivity contribution is 6.30. The van der Waals surface area contributed by atoms with Crippen molar-refractivity contribution in [3.05, 3.63) is 61.6 Å². The quantitative estimate of drug-likeness (QED) is 0.611. The second-order valence-electron chi connectivity index (χ2n) is 6.95. The lowest BCUT2D eigenvalue weighted by Crippen LogP contribution is -2.24. The SMILES string of the molecule is CC(C)(C)c1[nH]nc2c1C(c1cc(Cl)ccc1[N+](=O)[O-])C(C#N)=C(N)O2. The fourth-order valence-corrected chi connectivity index (χ4v) is 3.23. The number of ether oxygens (including phenoxy) is 1. The van der Waals surface area contributed by atoms with E-state index in [1.807, 2.05) is 26.8 Å². The van der Waals surface area contributed by atoms with Crippen LogP contribution < -0.4 is 10.5 Å². The maximum atomic E-state index is 11.6. The number of halogens is 1. The number of nitriles is 1. The maximum absolute atomic E-state index is 11.6. The number of aromatic amines is 1. The molecule has 0 bridgehead atoms. The highest BCUT2D eigenvalue weighted by Gasteiger charge is 2.40. The molecule has 0 radical (unpaired) electrons. The van der Waals surface area contributed by atoms with Crippen molar-refractivity contribution in [2.45, 2.75) is 32.1 Å². The van der Waals surface area contributed by atoms with E-state index in [2.05, 4.69) is 10.2 Å². The van der Waals surface area contributed by atoms with Crippen LogP contribution in [0, 0.1) is 21.4 Å². The van der Waals surface area contributed by atoms with Gasteiger partial charge in [0.25, 0.3) is 5.69 Å². The smallest absolute Gasteiger partial charge is 0.273 e. The first kappa shape index (κ1) is 17.8. The predicted octanol–water partition coefficient (Wildman–Crippen LogP) is 3.49. The van der Waals surface area contributed by atoms with Crippen LogP contribution in [0.25, 0.3) is 0 Å². The highest BCUT2D eigenvalue weighted by Crippen LogP contribution is 2.48. The molecule has 26 heavy (non-hydrogen) atoms. The van der Waals surface area contributed by atoms with Gasteiger partial charge in [-0.05, 0) is 12.1 Å². The number of hydrogen-bond acceptors (Lipinski definition) is 6. The van der Waals surface area contributed by atoms with E-state index in [9.17, 15) is 15.4 Å². The van der Waals surface area contributed by atoms with Crippen LogP contribution in [0.15, 0.2) is 29.7 Å². The molecule has 2 heterocycles. The standard InChI is InChI=1S/C17H16ClN5O3/c1-17(2,3)14-13-12(9-6-8(18)4-5-11(9)23(24)25)10(7-19)15(20)26-16(13)22-21-14/h4-6,12H,20H2,1-3H3,(H,21,22). The zero-order valence-electron chi connectivity index (χ0n) is 14.3. The van der Waals surface area contributed by atoms with Crippen LogP contribution in [0.1, 0.15) is 43.5 Å². The van der Waals surface area contributed by atoms with Crippen LogP contribution in [0.5, 0.6) is 5.88 Å². The van der Waals surface area contributed by atoms with Gasteiger partial charge in [0.05, 0.1) is 16.4 Å². The number of nitro groups is 1. The molecule has 2 aromatic rings. The second kappa shape index (κ2) is 6.04. The molecule has 0 saturated carbocycles. The van der Waals surface area contributed by atoms with Gasteiger partial charge >= 0.3 is 0 Å². The Morgan fingerprint density at radius 2 is 2.15 bits per heavy atom. The minimum atomic E-state index is -0.809. The van der Waals surface area contributed by atoms with Gasteiger partial charge in [-0.15, -0.1) is 5.10 Å². The van der Waals surface area contributed by atoms with Crippen molar-refractivity contribution in [2.75, 3.05) is 0 Å². The first-order chi connectivity index (χ1) is 12.1. The largest absolute Gasteiger partial charge is 0.420 e. The molecule has 0 amide bonds. The average molecular weight is 374 g/mol. The minimum Gasteiger partial charge on any atom is -0.420 e. The van der Waals surface area contributed by atoms with Gasteiger partial charge < -0.3 is 10.5 Å². The molecular weight excluding hydrogens is 358 g/mol.